The molecule has 1 N–H and O–H groups in total. The van der Waals surface area contributed by atoms with E-state index in [9.17, 15) is 9.90 Å². The second-order valence-corrected chi connectivity index (χ2v) is 5.15. The molecule has 5 heteroatoms. The zero-order valence-electron chi connectivity index (χ0n) is 9.07. The Balaban J connectivity index is 2.16. The minimum absolute atomic E-state index is 0.538. The quantitative estimate of drug-likeness (QED) is 0.928. The zero-order chi connectivity index (χ0) is 11.8. The number of halogens is 1. The van der Waals surface area contributed by atoms with Gasteiger partial charge < -0.3 is 9.52 Å². The number of carboxylic acids is 1. The first-order valence-corrected chi connectivity index (χ1v) is 6.03. The highest BCUT2D eigenvalue weighted by Gasteiger charge is 2.43. The van der Waals surface area contributed by atoms with Crippen molar-refractivity contribution in [3.05, 3.63) is 22.6 Å². The lowest BCUT2D eigenvalue weighted by atomic mass is 9.99. The lowest BCUT2D eigenvalue weighted by molar-refractivity contribution is -0.149. The Morgan fingerprint density at radius 2 is 2.50 bits per heavy atom. The molecule has 1 aliphatic rings. The van der Waals surface area contributed by atoms with E-state index in [1.54, 1.807) is 13.2 Å². The maximum absolute atomic E-state index is 11.3. The van der Waals surface area contributed by atoms with Crippen LogP contribution in [0.3, 0.4) is 0 Å². The highest BCUT2D eigenvalue weighted by atomic mass is 79.9. The Morgan fingerprint density at radius 1 is 1.75 bits per heavy atom. The summed E-state index contributed by atoms with van der Waals surface area (Å²) in [5.74, 6) is 0.0297. The summed E-state index contributed by atoms with van der Waals surface area (Å²) in [7, 11) is 0. The third-order valence-corrected chi connectivity index (χ3v) is 3.98. The molecule has 1 atom stereocenters. The van der Waals surface area contributed by atoms with Crippen LogP contribution in [0.5, 0.6) is 0 Å². The molecule has 1 saturated heterocycles. The minimum Gasteiger partial charge on any atom is -0.480 e. The van der Waals surface area contributed by atoms with E-state index >= 15 is 0 Å². The molecule has 0 saturated carbocycles. The van der Waals surface area contributed by atoms with Gasteiger partial charge in [0.1, 0.15) is 11.3 Å². The molecule has 0 amide bonds. The van der Waals surface area contributed by atoms with Crippen molar-refractivity contribution in [1.82, 2.24) is 4.90 Å². The van der Waals surface area contributed by atoms with E-state index < -0.39 is 11.5 Å². The van der Waals surface area contributed by atoms with Crippen molar-refractivity contribution >= 4 is 21.9 Å². The van der Waals surface area contributed by atoms with Crippen LogP contribution in [-0.4, -0.2) is 28.1 Å². The number of hydrogen-bond acceptors (Lipinski definition) is 3. The van der Waals surface area contributed by atoms with Gasteiger partial charge in [0.25, 0.3) is 0 Å². The van der Waals surface area contributed by atoms with Crippen molar-refractivity contribution in [2.24, 2.45) is 0 Å². The first-order valence-electron chi connectivity index (χ1n) is 5.24. The average molecular weight is 288 g/mol. The van der Waals surface area contributed by atoms with Crippen molar-refractivity contribution in [3.63, 3.8) is 0 Å². The van der Waals surface area contributed by atoms with Gasteiger partial charge in [0.15, 0.2) is 0 Å². The van der Waals surface area contributed by atoms with Crippen LogP contribution < -0.4 is 0 Å². The Kier molecular flexibility index (Phi) is 3.08. The molecule has 4 nitrogen and oxygen atoms in total. The standard InChI is InChI=1S/C11H14BrNO3/c1-11(10(14)15)4-2-5-13(11)7-9-8(12)3-6-16-9/h3,6H,2,4-5,7H2,1H3,(H,14,15). The van der Waals surface area contributed by atoms with Gasteiger partial charge >= 0.3 is 5.97 Å². The van der Waals surface area contributed by atoms with E-state index in [1.165, 1.54) is 0 Å². The predicted molar refractivity (Wildman–Crippen MR) is 62.1 cm³/mol. The van der Waals surface area contributed by atoms with Gasteiger partial charge in [0.05, 0.1) is 17.3 Å². The molecule has 1 aromatic rings. The lowest BCUT2D eigenvalue weighted by Crippen LogP contribution is -2.47. The Hall–Kier alpha value is -0.810. The first-order chi connectivity index (χ1) is 7.54. The van der Waals surface area contributed by atoms with Crippen LogP contribution in [0.2, 0.25) is 0 Å². The number of nitrogens with zero attached hydrogens (tertiary/aromatic N) is 1. The Bertz CT molecular complexity index is 404. The van der Waals surface area contributed by atoms with Gasteiger partial charge in [-0.3, -0.25) is 9.69 Å². The summed E-state index contributed by atoms with van der Waals surface area (Å²) >= 11 is 3.38. The average Bonchev–Trinajstić information content (AvgIpc) is 2.77. The summed E-state index contributed by atoms with van der Waals surface area (Å²) in [5.41, 5.74) is -0.758. The highest BCUT2D eigenvalue weighted by molar-refractivity contribution is 9.10. The van der Waals surface area contributed by atoms with Gasteiger partial charge in [-0.1, -0.05) is 0 Å². The minimum atomic E-state index is -0.758. The van der Waals surface area contributed by atoms with Gasteiger partial charge in [-0.2, -0.15) is 0 Å². The van der Waals surface area contributed by atoms with Crippen LogP contribution in [0.15, 0.2) is 21.2 Å². The summed E-state index contributed by atoms with van der Waals surface area (Å²) in [6.45, 7) is 3.12. The number of hydrogen-bond donors (Lipinski definition) is 1. The normalized spacial score (nSPS) is 26.1. The largest absolute Gasteiger partial charge is 0.480 e. The smallest absolute Gasteiger partial charge is 0.323 e. The molecular weight excluding hydrogens is 274 g/mol. The van der Waals surface area contributed by atoms with Gasteiger partial charge in [0, 0.05) is 0 Å². The Labute approximate surface area is 102 Å². The monoisotopic (exact) mass is 287 g/mol. The molecule has 1 unspecified atom stereocenters. The fraction of sp³-hybridized carbons (Fsp3) is 0.545. The van der Waals surface area contributed by atoms with Crippen molar-refractivity contribution in [3.8, 4) is 0 Å². The lowest BCUT2D eigenvalue weighted by Gasteiger charge is -2.30. The number of likely N-dealkylation sites (tertiary alicyclic amines) is 1. The number of carbonyl (C=O) groups is 1. The first kappa shape index (κ1) is 11.7. The summed E-state index contributed by atoms with van der Waals surface area (Å²) in [6.07, 6.45) is 3.22. The second kappa shape index (κ2) is 4.22. The predicted octanol–water partition coefficient (Wildman–Crippen LogP) is 2.48. The molecule has 1 aliphatic heterocycles. The van der Waals surface area contributed by atoms with Crippen molar-refractivity contribution in [2.45, 2.75) is 31.8 Å². The highest BCUT2D eigenvalue weighted by Crippen LogP contribution is 2.32. The fourth-order valence-corrected chi connectivity index (χ4v) is 2.45. The van der Waals surface area contributed by atoms with E-state index in [1.807, 2.05) is 11.0 Å². The number of aliphatic carboxylic acids is 1. The van der Waals surface area contributed by atoms with E-state index in [4.69, 9.17) is 4.42 Å². The summed E-state index contributed by atoms with van der Waals surface area (Å²) in [4.78, 5) is 13.2. The van der Waals surface area contributed by atoms with E-state index in [-0.39, 0.29) is 0 Å². The van der Waals surface area contributed by atoms with Gasteiger partial charge in [-0.25, -0.2) is 0 Å². The topological polar surface area (TPSA) is 53.7 Å². The van der Waals surface area contributed by atoms with Crippen LogP contribution in [0.1, 0.15) is 25.5 Å². The molecule has 1 fully saturated rings. The number of furan rings is 1. The SMILES string of the molecule is CC1(C(=O)O)CCCN1Cc1occc1Br. The number of carboxylic acid groups (broad SMARTS) is 1. The maximum Gasteiger partial charge on any atom is 0.323 e. The molecule has 2 heterocycles. The van der Waals surface area contributed by atoms with Crippen LogP contribution in [-0.2, 0) is 11.3 Å². The van der Waals surface area contributed by atoms with Gasteiger partial charge in [0.2, 0.25) is 0 Å². The van der Waals surface area contributed by atoms with Crippen LogP contribution >= 0.6 is 15.9 Å². The van der Waals surface area contributed by atoms with Crippen molar-refractivity contribution in [2.75, 3.05) is 6.54 Å². The summed E-state index contributed by atoms with van der Waals surface area (Å²) in [6, 6.07) is 1.82. The molecule has 0 radical (unpaired) electrons. The molecule has 2 rings (SSSR count). The summed E-state index contributed by atoms with van der Waals surface area (Å²) < 4.78 is 6.21. The van der Waals surface area contributed by atoms with Gasteiger partial charge in [-0.05, 0) is 48.3 Å². The molecule has 16 heavy (non-hydrogen) atoms. The van der Waals surface area contributed by atoms with Crippen LogP contribution in [0.25, 0.3) is 0 Å². The third kappa shape index (κ3) is 1.89. The second-order valence-electron chi connectivity index (χ2n) is 4.30. The number of rotatable bonds is 3. The van der Waals surface area contributed by atoms with E-state index in [2.05, 4.69) is 15.9 Å². The third-order valence-electron chi connectivity index (χ3n) is 3.28. The molecule has 0 bridgehead atoms. The molecule has 1 aromatic heterocycles. The summed E-state index contributed by atoms with van der Waals surface area (Å²) in [5, 5.41) is 9.26. The van der Waals surface area contributed by atoms with E-state index in [0.29, 0.717) is 13.0 Å². The van der Waals surface area contributed by atoms with Gasteiger partial charge in [-0.15, -0.1) is 0 Å². The molecule has 0 aromatic carbocycles. The van der Waals surface area contributed by atoms with Crippen molar-refractivity contribution < 1.29 is 14.3 Å². The molecule has 0 spiro atoms. The Morgan fingerprint density at radius 3 is 3.06 bits per heavy atom. The molecule has 0 aliphatic carbocycles. The zero-order valence-corrected chi connectivity index (χ0v) is 10.7. The van der Waals surface area contributed by atoms with Crippen molar-refractivity contribution in [1.29, 1.82) is 0 Å². The maximum atomic E-state index is 11.3. The molecule has 88 valence electrons. The fourth-order valence-electron chi connectivity index (χ4n) is 2.13. The van der Waals surface area contributed by atoms with Crippen LogP contribution in [0, 0.1) is 0 Å². The van der Waals surface area contributed by atoms with Crippen LogP contribution in [0.4, 0.5) is 0 Å². The molecular formula is C11H14BrNO3. The van der Waals surface area contributed by atoms with E-state index in [0.717, 1.165) is 23.2 Å².